The molecule has 9 heteroatoms. The van der Waals surface area contributed by atoms with E-state index in [1.54, 1.807) is 6.07 Å². The summed E-state index contributed by atoms with van der Waals surface area (Å²) in [5, 5.41) is 13.4. The van der Waals surface area contributed by atoms with Gasteiger partial charge in [-0.2, -0.15) is 0 Å². The number of unbranched alkanes of at least 4 members (excludes halogenated alkanes) is 1. The zero-order chi connectivity index (χ0) is 20.1. The number of nitrogens with one attached hydrogen (secondary N) is 1. The fourth-order valence-corrected chi connectivity index (χ4v) is 4.74. The predicted molar refractivity (Wildman–Crippen MR) is 102 cm³/mol. The number of hydrogen-bond donors (Lipinski definition) is 2. The van der Waals surface area contributed by atoms with Crippen LogP contribution in [-0.2, 0) is 14.4 Å². The van der Waals surface area contributed by atoms with Crippen LogP contribution in [0.25, 0.3) is 0 Å². The molecular formula is C18H19Cl3N2O4. The Kier molecular flexibility index (Phi) is 5.47. The first-order valence-electron chi connectivity index (χ1n) is 8.64. The highest BCUT2D eigenvalue weighted by Crippen LogP contribution is 2.50. The number of nitrogens with zero attached hydrogens (tertiary/aromatic N) is 1. The van der Waals surface area contributed by atoms with Crippen LogP contribution in [-0.4, -0.2) is 39.9 Å². The first-order chi connectivity index (χ1) is 12.6. The van der Waals surface area contributed by atoms with Gasteiger partial charge in [-0.05, 0) is 31.0 Å². The molecule has 0 aromatic heterocycles. The average Bonchev–Trinajstić information content (AvgIpc) is 3.04. The third-order valence-electron chi connectivity index (χ3n) is 5.41. The molecule has 4 atom stereocenters. The zero-order valence-electron chi connectivity index (χ0n) is 14.8. The number of benzene rings is 1. The highest BCUT2D eigenvalue weighted by Gasteiger charge is 2.66. The minimum Gasteiger partial charge on any atom is -0.480 e. The maximum absolute atomic E-state index is 13.0. The number of halogens is 3. The lowest BCUT2D eigenvalue weighted by Gasteiger charge is -2.27. The van der Waals surface area contributed by atoms with Crippen molar-refractivity contribution in [3.63, 3.8) is 0 Å². The van der Waals surface area contributed by atoms with Gasteiger partial charge in [-0.25, -0.2) is 0 Å². The third kappa shape index (κ3) is 3.12. The molecular weight excluding hydrogens is 415 g/mol. The summed E-state index contributed by atoms with van der Waals surface area (Å²) in [6, 6.07) is 2.22. The molecule has 4 unspecified atom stereocenters. The van der Waals surface area contributed by atoms with Crippen molar-refractivity contribution in [3.8, 4) is 0 Å². The van der Waals surface area contributed by atoms with Crippen molar-refractivity contribution in [2.45, 2.75) is 38.3 Å². The van der Waals surface area contributed by atoms with Gasteiger partial charge in [0.15, 0.2) is 0 Å². The molecule has 0 spiro atoms. The lowest BCUT2D eigenvalue weighted by molar-refractivity contribution is -0.150. The van der Waals surface area contributed by atoms with Crippen LogP contribution in [0.3, 0.4) is 0 Å². The van der Waals surface area contributed by atoms with Crippen molar-refractivity contribution in [2.24, 2.45) is 11.8 Å². The standard InChI is InChI=1S/C18H19Cl3N2O4/c1-3-4-5-23-15(24)11-12(16(23)25)18(2,17(26)27)22-14(11)9-6-8(19)7-10(20)13(9)21/h6-7,11-12,14,22H,3-5H2,1-2H3,(H,26,27). The Labute approximate surface area is 171 Å². The van der Waals surface area contributed by atoms with Gasteiger partial charge in [0.1, 0.15) is 5.54 Å². The SMILES string of the molecule is CCCCN1C(=O)C2C(c3cc(Cl)cc(Cl)c3Cl)NC(C)(C(=O)O)C2C1=O. The quantitative estimate of drug-likeness (QED) is 0.548. The molecule has 0 aliphatic carbocycles. The lowest BCUT2D eigenvalue weighted by atomic mass is 9.80. The first-order valence-corrected chi connectivity index (χ1v) is 9.77. The minimum absolute atomic E-state index is 0.180. The largest absolute Gasteiger partial charge is 0.480 e. The molecule has 2 amide bonds. The van der Waals surface area contributed by atoms with E-state index in [2.05, 4.69) is 5.32 Å². The highest BCUT2D eigenvalue weighted by atomic mass is 35.5. The Hall–Kier alpha value is -1.34. The van der Waals surface area contributed by atoms with Gasteiger partial charge in [0.2, 0.25) is 11.8 Å². The fourth-order valence-electron chi connectivity index (χ4n) is 4.00. The van der Waals surface area contributed by atoms with Gasteiger partial charge >= 0.3 is 5.97 Å². The van der Waals surface area contributed by atoms with Crippen LogP contribution in [0.4, 0.5) is 0 Å². The van der Waals surface area contributed by atoms with Gasteiger partial charge in [0.25, 0.3) is 0 Å². The van der Waals surface area contributed by atoms with Crippen molar-refractivity contribution in [1.82, 2.24) is 10.2 Å². The van der Waals surface area contributed by atoms with Gasteiger partial charge in [-0.15, -0.1) is 0 Å². The molecule has 27 heavy (non-hydrogen) atoms. The summed E-state index contributed by atoms with van der Waals surface area (Å²) < 4.78 is 0. The maximum Gasteiger partial charge on any atom is 0.324 e. The van der Waals surface area contributed by atoms with Crippen LogP contribution in [0.15, 0.2) is 12.1 Å². The fraction of sp³-hybridized carbons (Fsp3) is 0.500. The topological polar surface area (TPSA) is 86.7 Å². The Balaban J connectivity index is 2.11. The predicted octanol–water partition coefficient (Wildman–Crippen LogP) is 3.54. The summed E-state index contributed by atoms with van der Waals surface area (Å²) in [7, 11) is 0. The number of rotatable bonds is 5. The molecule has 1 aromatic rings. The van der Waals surface area contributed by atoms with E-state index in [0.717, 1.165) is 6.42 Å². The molecule has 1 aromatic carbocycles. The number of carbonyl (C=O) groups excluding carboxylic acids is 2. The molecule has 0 radical (unpaired) electrons. The van der Waals surface area contributed by atoms with Crippen molar-refractivity contribution in [2.75, 3.05) is 6.54 Å². The summed E-state index contributed by atoms with van der Waals surface area (Å²) in [5.74, 6) is -3.99. The number of hydrogen-bond acceptors (Lipinski definition) is 4. The van der Waals surface area contributed by atoms with Gasteiger partial charge in [0.05, 0.1) is 21.9 Å². The minimum atomic E-state index is -1.61. The number of aliphatic carboxylic acids is 1. The number of likely N-dealkylation sites (tertiary alicyclic amines) is 1. The van der Waals surface area contributed by atoms with Crippen LogP contribution in [0.5, 0.6) is 0 Å². The Bertz CT molecular complexity index is 831. The lowest BCUT2D eigenvalue weighted by Crippen LogP contribution is -2.53. The molecule has 2 aliphatic heterocycles. The summed E-state index contributed by atoms with van der Waals surface area (Å²) >= 11 is 18.5. The number of carboxylic acids is 1. The molecule has 146 valence electrons. The molecule has 2 saturated heterocycles. The van der Waals surface area contributed by atoms with Gasteiger partial charge in [0, 0.05) is 17.6 Å². The molecule has 2 N–H and O–H groups in total. The van der Waals surface area contributed by atoms with Crippen LogP contribution in [0, 0.1) is 11.8 Å². The summed E-state index contributed by atoms with van der Waals surface area (Å²) in [4.78, 5) is 39.2. The molecule has 0 saturated carbocycles. The normalized spacial score (nSPS) is 30.1. The van der Waals surface area contributed by atoms with E-state index in [9.17, 15) is 19.5 Å². The monoisotopic (exact) mass is 432 g/mol. The van der Waals surface area contributed by atoms with Crippen LogP contribution < -0.4 is 5.32 Å². The van der Waals surface area contributed by atoms with Crippen molar-refractivity contribution in [1.29, 1.82) is 0 Å². The van der Waals surface area contributed by atoms with E-state index in [0.29, 0.717) is 17.0 Å². The second-order valence-corrected chi connectivity index (χ2v) is 8.33. The van der Waals surface area contributed by atoms with Crippen molar-refractivity contribution >= 4 is 52.6 Å². The summed E-state index contributed by atoms with van der Waals surface area (Å²) in [6.45, 7) is 3.64. The highest BCUT2D eigenvalue weighted by molar-refractivity contribution is 6.43. The number of carboxylic acid groups (broad SMARTS) is 1. The second kappa shape index (κ2) is 7.24. The van der Waals surface area contributed by atoms with E-state index < -0.39 is 41.2 Å². The van der Waals surface area contributed by atoms with Gasteiger partial charge in [-0.1, -0.05) is 48.1 Å². The van der Waals surface area contributed by atoms with Crippen LogP contribution in [0.1, 0.15) is 38.3 Å². The first kappa shape index (κ1) is 20.4. The van der Waals surface area contributed by atoms with E-state index >= 15 is 0 Å². The number of carbonyl (C=O) groups is 3. The van der Waals surface area contributed by atoms with Gasteiger partial charge in [-0.3, -0.25) is 24.6 Å². The molecule has 2 aliphatic rings. The van der Waals surface area contributed by atoms with Crippen LogP contribution >= 0.6 is 34.8 Å². The Morgan fingerprint density at radius 3 is 2.52 bits per heavy atom. The van der Waals surface area contributed by atoms with E-state index in [4.69, 9.17) is 34.8 Å². The molecule has 0 bridgehead atoms. The van der Waals surface area contributed by atoms with Crippen LogP contribution in [0.2, 0.25) is 15.1 Å². The summed E-state index contributed by atoms with van der Waals surface area (Å²) in [6.07, 6.45) is 1.46. The number of fused-ring (bicyclic) bond motifs is 1. The zero-order valence-corrected chi connectivity index (χ0v) is 17.0. The second-order valence-electron chi connectivity index (χ2n) is 7.11. The third-order valence-corrected chi connectivity index (χ3v) is 6.45. The van der Waals surface area contributed by atoms with E-state index in [1.165, 1.54) is 17.9 Å². The van der Waals surface area contributed by atoms with E-state index in [-0.39, 0.29) is 16.6 Å². The molecule has 6 nitrogen and oxygen atoms in total. The number of amides is 2. The summed E-state index contributed by atoms with van der Waals surface area (Å²) in [5.41, 5.74) is -1.20. The Morgan fingerprint density at radius 2 is 1.93 bits per heavy atom. The molecule has 3 rings (SSSR count). The smallest absolute Gasteiger partial charge is 0.324 e. The average molecular weight is 434 g/mol. The Morgan fingerprint density at radius 1 is 1.26 bits per heavy atom. The maximum atomic E-state index is 13.0. The van der Waals surface area contributed by atoms with Gasteiger partial charge < -0.3 is 5.11 Å². The molecule has 2 fully saturated rings. The van der Waals surface area contributed by atoms with E-state index in [1.807, 2.05) is 6.92 Å². The number of imide groups is 1. The van der Waals surface area contributed by atoms with Crippen molar-refractivity contribution < 1.29 is 19.5 Å². The van der Waals surface area contributed by atoms with Crippen molar-refractivity contribution in [3.05, 3.63) is 32.8 Å². The molecule has 2 heterocycles.